The minimum Gasteiger partial charge on any atom is -0.455 e. The lowest BCUT2D eigenvalue weighted by atomic mass is 9.74. The number of hydrogen-bond donors (Lipinski definition) is 2. The van der Waals surface area contributed by atoms with E-state index in [1.807, 2.05) is 79.7 Å². The van der Waals surface area contributed by atoms with E-state index < -0.39 is 53.6 Å². The first-order chi connectivity index (χ1) is 23.3. The van der Waals surface area contributed by atoms with Gasteiger partial charge in [0, 0.05) is 24.0 Å². The van der Waals surface area contributed by atoms with Crippen LogP contribution in [0.15, 0.2) is 83.4 Å². The number of hydrogen-bond acceptors (Lipinski definition) is 7. The van der Waals surface area contributed by atoms with E-state index in [4.69, 9.17) is 9.47 Å². The number of likely N-dealkylation sites (tertiary alicyclic amines) is 1. The molecule has 2 fully saturated rings. The van der Waals surface area contributed by atoms with Crippen molar-refractivity contribution in [3.63, 3.8) is 0 Å². The summed E-state index contributed by atoms with van der Waals surface area (Å²) in [4.78, 5) is 59.9. The number of aliphatic hydroxyl groups excluding tert-OH is 1. The number of unbranched alkanes of at least 4 members (excludes halogenated alkanes) is 1. The molecular weight excluding hydrogens is 678 g/mol. The van der Waals surface area contributed by atoms with Crippen molar-refractivity contribution in [2.24, 2.45) is 11.8 Å². The van der Waals surface area contributed by atoms with Crippen LogP contribution in [0, 0.1) is 11.8 Å². The third-order valence-corrected chi connectivity index (χ3v) is 10.5. The minimum atomic E-state index is -1.45. The number of carbonyl (C=O) groups excluding carboxylic acids is 4. The Hall–Kier alpha value is -3.80. The van der Waals surface area contributed by atoms with E-state index in [2.05, 4.69) is 21.2 Å². The molecule has 6 rings (SSSR count). The molecule has 7 atom stereocenters. The van der Waals surface area contributed by atoms with Gasteiger partial charge >= 0.3 is 5.97 Å². The molecule has 10 nitrogen and oxygen atoms in total. The van der Waals surface area contributed by atoms with E-state index in [0.717, 1.165) is 18.4 Å². The largest absolute Gasteiger partial charge is 0.455 e. The Morgan fingerprint density at radius 1 is 1.02 bits per heavy atom. The number of nitrogens with one attached hydrogen (secondary N) is 1. The number of allylic oxidation sites excluding steroid dienone is 1. The number of fused-ring (bicyclic) bond motifs is 2. The second-order valence-corrected chi connectivity index (χ2v) is 13.8. The summed E-state index contributed by atoms with van der Waals surface area (Å²) < 4.78 is 13.4. The van der Waals surface area contributed by atoms with Crippen molar-refractivity contribution in [2.45, 2.75) is 68.9 Å². The Morgan fingerprint density at radius 2 is 1.75 bits per heavy atom. The molecule has 0 aromatic heterocycles. The Bertz CT molecular complexity index is 1570. The molecule has 2 saturated heterocycles. The maximum Gasteiger partial charge on any atom is 0.313 e. The van der Waals surface area contributed by atoms with E-state index in [1.54, 1.807) is 11.0 Å². The van der Waals surface area contributed by atoms with Gasteiger partial charge in [0.25, 0.3) is 0 Å². The van der Waals surface area contributed by atoms with Crippen molar-refractivity contribution in [3.05, 3.63) is 94.5 Å². The number of amides is 3. The van der Waals surface area contributed by atoms with Crippen molar-refractivity contribution in [3.8, 4) is 0 Å². The van der Waals surface area contributed by atoms with Gasteiger partial charge in [-0.05, 0) is 36.5 Å². The highest BCUT2D eigenvalue weighted by atomic mass is 79.9. The fourth-order valence-electron chi connectivity index (χ4n) is 7.49. The predicted octanol–water partition coefficient (Wildman–Crippen LogP) is 3.84. The summed E-state index contributed by atoms with van der Waals surface area (Å²) in [5.74, 6) is -3.70. The number of ether oxygens (including phenoxy) is 2. The van der Waals surface area contributed by atoms with Crippen LogP contribution in [0.25, 0.3) is 0 Å². The van der Waals surface area contributed by atoms with Gasteiger partial charge in [-0.1, -0.05) is 102 Å². The SMILES string of the molecule is CCCCN1C/C=C\CCC(=O)NC[C@@H](c2ccccc2)OC(=O)[C@@H]2[C@H]3O[C@@]4(C=C3Br)[C@H](C1=O)N([C@@H](CO)Cc1ccccc1)C(=O)[C@@H]24. The lowest BCUT2D eigenvalue weighted by Gasteiger charge is -2.38. The number of carbonyl (C=O) groups is 4. The van der Waals surface area contributed by atoms with Gasteiger partial charge in [-0.25, -0.2) is 0 Å². The van der Waals surface area contributed by atoms with Crippen molar-refractivity contribution < 1.29 is 33.8 Å². The smallest absolute Gasteiger partial charge is 0.313 e. The van der Waals surface area contributed by atoms with Crippen LogP contribution in [0.4, 0.5) is 0 Å². The van der Waals surface area contributed by atoms with Gasteiger partial charge in [0.15, 0.2) is 0 Å². The van der Waals surface area contributed by atoms with Crippen molar-refractivity contribution >= 4 is 39.6 Å². The van der Waals surface area contributed by atoms with Crippen molar-refractivity contribution in [2.75, 3.05) is 26.2 Å². The number of cyclic esters (lactones) is 1. The second kappa shape index (κ2) is 14.8. The zero-order valence-corrected chi connectivity index (χ0v) is 28.6. The van der Waals surface area contributed by atoms with E-state index >= 15 is 0 Å². The fourth-order valence-corrected chi connectivity index (χ4v) is 8.23. The third kappa shape index (κ3) is 6.47. The van der Waals surface area contributed by atoms with Crippen LogP contribution in [0.3, 0.4) is 0 Å². The van der Waals surface area contributed by atoms with Crippen LogP contribution in [-0.4, -0.2) is 88.6 Å². The summed E-state index contributed by atoms with van der Waals surface area (Å²) in [5, 5.41) is 13.7. The first kappa shape index (κ1) is 34.1. The Labute approximate surface area is 289 Å². The number of aliphatic hydroxyl groups is 1. The zero-order chi connectivity index (χ0) is 33.8. The van der Waals surface area contributed by atoms with Gasteiger partial charge in [0.2, 0.25) is 17.7 Å². The summed E-state index contributed by atoms with van der Waals surface area (Å²) in [6.07, 6.45) is 6.49. The molecule has 48 heavy (non-hydrogen) atoms. The van der Waals surface area contributed by atoms with E-state index in [9.17, 15) is 24.3 Å². The lowest BCUT2D eigenvalue weighted by Crippen LogP contribution is -2.59. The van der Waals surface area contributed by atoms with E-state index in [1.165, 1.54) is 4.90 Å². The zero-order valence-electron chi connectivity index (χ0n) is 27.0. The number of nitrogens with zero attached hydrogens (tertiary/aromatic N) is 2. The molecule has 3 amide bonds. The standard InChI is InChI=1S/C37H42BrN3O7/c1-2-3-18-40-19-12-6-11-17-29(43)39-22-28(25-15-9-5-10-16-25)47-36(46)30-31-34(44)41(26(23-42)20-24-13-7-4-8-14-24)33(35(40)45)37(31)21-27(38)32(30)48-37/h4-10,12-16,21,26,28,30-33,42H,2-3,11,17-20,22-23H2,1H3,(H,39,43)/b12-6-/t26-,28+,30+,31-,32+,33+,37-/m1/s1. The average Bonchev–Trinajstić information content (AvgIpc) is 3.70. The maximum atomic E-state index is 14.8. The molecule has 0 aliphatic carbocycles. The van der Waals surface area contributed by atoms with Gasteiger partial charge in [0.05, 0.1) is 25.1 Å². The van der Waals surface area contributed by atoms with E-state index in [-0.39, 0.29) is 37.9 Å². The molecule has 2 aromatic rings. The molecule has 4 aliphatic heterocycles. The van der Waals surface area contributed by atoms with Gasteiger partial charge < -0.3 is 29.7 Å². The molecule has 0 radical (unpaired) electrons. The highest BCUT2D eigenvalue weighted by molar-refractivity contribution is 9.11. The van der Waals surface area contributed by atoms with Crippen molar-refractivity contribution in [1.82, 2.24) is 15.1 Å². The molecule has 4 heterocycles. The van der Waals surface area contributed by atoms with E-state index in [0.29, 0.717) is 29.4 Å². The molecule has 2 aromatic carbocycles. The third-order valence-electron chi connectivity index (χ3n) is 9.83. The van der Waals surface area contributed by atoms with Crippen LogP contribution in [0.5, 0.6) is 0 Å². The quantitative estimate of drug-likeness (QED) is 0.314. The summed E-state index contributed by atoms with van der Waals surface area (Å²) in [6.45, 7) is 2.43. The monoisotopic (exact) mass is 719 g/mol. The molecular formula is C37H42BrN3O7. The summed E-state index contributed by atoms with van der Waals surface area (Å²) in [5.41, 5.74) is 0.139. The molecule has 4 aliphatic rings. The van der Waals surface area contributed by atoms with Gasteiger partial charge in [-0.15, -0.1) is 0 Å². The number of benzene rings is 2. The number of esters is 1. The molecule has 1 spiro atoms. The minimum absolute atomic E-state index is 0.0546. The van der Waals surface area contributed by atoms with Crippen LogP contribution in [0.2, 0.25) is 0 Å². The topological polar surface area (TPSA) is 125 Å². The predicted molar refractivity (Wildman–Crippen MR) is 181 cm³/mol. The molecule has 0 saturated carbocycles. The molecule has 11 heteroatoms. The number of rotatable bonds is 8. The second-order valence-electron chi connectivity index (χ2n) is 12.9. The Morgan fingerprint density at radius 3 is 2.46 bits per heavy atom. The fraction of sp³-hybridized carbons (Fsp3) is 0.459. The molecule has 5 bridgehead atoms. The van der Waals surface area contributed by atoms with Crippen molar-refractivity contribution in [1.29, 1.82) is 0 Å². The maximum absolute atomic E-state index is 14.8. The van der Waals surface area contributed by atoms with Crippen LogP contribution < -0.4 is 5.32 Å². The first-order valence-corrected chi connectivity index (χ1v) is 17.6. The van der Waals surface area contributed by atoms with Gasteiger partial charge in [0.1, 0.15) is 29.8 Å². The molecule has 2 N–H and O–H groups in total. The number of halogens is 1. The van der Waals surface area contributed by atoms with Crippen LogP contribution in [-0.2, 0) is 35.1 Å². The molecule has 254 valence electrons. The molecule has 0 unspecified atom stereocenters. The van der Waals surface area contributed by atoms with Crippen LogP contribution >= 0.6 is 15.9 Å². The lowest BCUT2D eigenvalue weighted by molar-refractivity contribution is -0.160. The summed E-state index contributed by atoms with van der Waals surface area (Å²) in [7, 11) is 0. The highest BCUT2D eigenvalue weighted by Crippen LogP contribution is 2.59. The first-order valence-electron chi connectivity index (χ1n) is 16.8. The Balaban J connectivity index is 1.45. The Kier molecular flexibility index (Phi) is 10.5. The van der Waals surface area contributed by atoms with Crippen LogP contribution in [0.1, 0.15) is 49.8 Å². The van der Waals surface area contributed by atoms with Gasteiger partial charge in [-0.2, -0.15) is 0 Å². The highest BCUT2D eigenvalue weighted by Gasteiger charge is 2.75. The average molecular weight is 721 g/mol. The normalized spacial score (nSPS) is 30.5. The summed E-state index contributed by atoms with van der Waals surface area (Å²) in [6, 6.07) is 16.8. The summed E-state index contributed by atoms with van der Waals surface area (Å²) >= 11 is 3.61. The van der Waals surface area contributed by atoms with Gasteiger partial charge in [-0.3, -0.25) is 19.2 Å².